The van der Waals surface area contributed by atoms with Crippen molar-refractivity contribution in [1.29, 1.82) is 0 Å². The van der Waals surface area contributed by atoms with Crippen molar-refractivity contribution in [3.8, 4) is 5.75 Å². The largest absolute Gasteiger partial charge is 0.492 e. The Balaban J connectivity index is 1.48. The van der Waals surface area contributed by atoms with Crippen LogP contribution in [0.3, 0.4) is 0 Å². The molecule has 0 radical (unpaired) electrons. The Hall–Kier alpha value is -2.61. The second-order valence-electron chi connectivity index (χ2n) is 11.0. The first-order chi connectivity index (χ1) is 16.1. The highest BCUT2D eigenvalue weighted by Crippen LogP contribution is 2.40. The highest BCUT2D eigenvalue weighted by atomic mass is 16.5. The quantitative estimate of drug-likeness (QED) is 0.589. The average molecular weight is 471 g/mol. The number of likely N-dealkylation sites (N-methyl/N-ethyl adjacent to an activating group) is 1. The second kappa shape index (κ2) is 9.56. The van der Waals surface area contributed by atoms with E-state index in [4.69, 9.17) is 4.74 Å². The van der Waals surface area contributed by atoms with E-state index in [2.05, 4.69) is 16.0 Å². The van der Waals surface area contributed by atoms with E-state index >= 15 is 0 Å². The fourth-order valence-corrected chi connectivity index (χ4v) is 5.59. The van der Waals surface area contributed by atoms with Crippen LogP contribution in [0.1, 0.15) is 58.4 Å². The fourth-order valence-electron chi connectivity index (χ4n) is 5.59. The second-order valence-corrected chi connectivity index (χ2v) is 11.0. The van der Waals surface area contributed by atoms with Crippen LogP contribution in [0.5, 0.6) is 5.75 Å². The maximum Gasteiger partial charge on any atom is 0.246 e. The number of fused-ring (bicyclic) bond motifs is 2. The van der Waals surface area contributed by atoms with Crippen LogP contribution in [0.4, 0.5) is 0 Å². The summed E-state index contributed by atoms with van der Waals surface area (Å²) < 4.78 is 5.71. The van der Waals surface area contributed by atoms with Crippen molar-refractivity contribution in [3.63, 3.8) is 0 Å². The number of rotatable bonds is 6. The van der Waals surface area contributed by atoms with Crippen molar-refractivity contribution in [2.45, 2.75) is 77.0 Å². The Bertz CT molecular complexity index is 943. The Morgan fingerprint density at radius 1 is 1.12 bits per heavy atom. The summed E-state index contributed by atoms with van der Waals surface area (Å²) in [6.45, 7) is 8.69. The topological polar surface area (TPSA) is 99.8 Å². The third-order valence-corrected chi connectivity index (χ3v) is 7.70. The highest BCUT2D eigenvalue weighted by molar-refractivity contribution is 5.91. The van der Waals surface area contributed by atoms with Crippen LogP contribution in [-0.2, 0) is 14.4 Å². The van der Waals surface area contributed by atoms with E-state index in [1.54, 1.807) is 14.0 Å². The lowest BCUT2D eigenvalue weighted by Gasteiger charge is -2.38. The molecule has 0 aromatic heterocycles. The van der Waals surface area contributed by atoms with Gasteiger partial charge < -0.3 is 25.6 Å². The fraction of sp³-hybridized carbons (Fsp3) is 0.654. The summed E-state index contributed by atoms with van der Waals surface area (Å²) in [5.41, 5.74) is 0.476. The van der Waals surface area contributed by atoms with E-state index in [1.807, 2.05) is 49.9 Å². The lowest BCUT2D eigenvalue weighted by atomic mass is 9.85. The Morgan fingerprint density at radius 3 is 2.56 bits per heavy atom. The van der Waals surface area contributed by atoms with Gasteiger partial charge in [0.15, 0.2) is 0 Å². The van der Waals surface area contributed by atoms with Crippen molar-refractivity contribution >= 4 is 17.7 Å². The Kier molecular flexibility index (Phi) is 6.90. The van der Waals surface area contributed by atoms with Gasteiger partial charge in [0.2, 0.25) is 17.7 Å². The molecule has 1 aromatic carbocycles. The zero-order valence-electron chi connectivity index (χ0n) is 20.9. The predicted octanol–water partition coefficient (Wildman–Crippen LogP) is 1.80. The molecule has 4 rings (SSSR count). The molecule has 1 unspecified atom stereocenters. The zero-order valence-corrected chi connectivity index (χ0v) is 20.9. The van der Waals surface area contributed by atoms with Crippen LogP contribution in [0.25, 0.3) is 0 Å². The summed E-state index contributed by atoms with van der Waals surface area (Å²) in [6.07, 6.45) is 2.76. The number of nitrogens with zero attached hydrogens (tertiary/aromatic N) is 1. The molecular formula is C26H38N4O4. The third-order valence-electron chi connectivity index (χ3n) is 7.70. The maximum atomic E-state index is 13.8. The molecule has 1 aliphatic carbocycles. The molecular weight excluding hydrogens is 432 g/mol. The molecule has 8 heteroatoms. The number of benzene rings is 1. The molecule has 6 atom stereocenters. The smallest absolute Gasteiger partial charge is 0.246 e. The minimum atomic E-state index is -0.637. The molecule has 2 aliphatic heterocycles. The van der Waals surface area contributed by atoms with Crippen LogP contribution in [0.15, 0.2) is 24.3 Å². The van der Waals surface area contributed by atoms with E-state index in [9.17, 15) is 14.4 Å². The van der Waals surface area contributed by atoms with Gasteiger partial charge in [0.25, 0.3) is 0 Å². The minimum absolute atomic E-state index is 0.0431. The van der Waals surface area contributed by atoms with Gasteiger partial charge in [0.1, 0.15) is 24.3 Å². The summed E-state index contributed by atoms with van der Waals surface area (Å²) in [7, 11) is 1.73. The highest BCUT2D eigenvalue weighted by Gasteiger charge is 2.49. The van der Waals surface area contributed by atoms with Gasteiger partial charge in [-0.15, -0.1) is 0 Å². The van der Waals surface area contributed by atoms with Crippen LogP contribution in [-0.4, -0.2) is 67.0 Å². The maximum absolute atomic E-state index is 13.8. The van der Waals surface area contributed by atoms with Gasteiger partial charge >= 0.3 is 0 Å². The van der Waals surface area contributed by atoms with Crippen molar-refractivity contribution in [1.82, 2.24) is 20.9 Å². The van der Waals surface area contributed by atoms with Crippen LogP contribution in [0, 0.1) is 11.3 Å². The zero-order chi connectivity index (χ0) is 24.6. The molecule has 34 heavy (non-hydrogen) atoms. The molecule has 0 spiro atoms. The predicted molar refractivity (Wildman–Crippen MR) is 129 cm³/mol. The SMILES string of the molecule is CN[C@@H](C)C(=O)N[C@H](C(=O)N1CC[C@H]2CC[C@H](NC(=O)C3COc4ccccc43)[C@H]21)C(C)(C)C. The Labute approximate surface area is 202 Å². The molecule has 2 heterocycles. The molecule has 1 aromatic rings. The molecule has 3 aliphatic rings. The normalized spacial score (nSPS) is 27.4. The first-order valence-corrected chi connectivity index (χ1v) is 12.4. The number of carbonyl (C=O) groups is 3. The number of para-hydroxylation sites is 1. The molecule has 3 N–H and O–H groups in total. The monoisotopic (exact) mass is 470 g/mol. The Morgan fingerprint density at radius 2 is 1.85 bits per heavy atom. The van der Waals surface area contributed by atoms with Gasteiger partial charge in [0, 0.05) is 18.2 Å². The van der Waals surface area contributed by atoms with E-state index in [0.29, 0.717) is 19.1 Å². The third kappa shape index (κ3) is 4.65. The average Bonchev–Trinajstić information content (AvgIpc) is 3.51. The van der Waals surface area contributed by atoms with E-state index in [-0.39, 0.29) is 41.8 Å². The lowest BCUT2D eigenvalue weighted by molar-refractivity contribution is -0.141. The first-order valence-electron chi connectivity index (χ1n) is 12.4. The number of likely N-dealkylation sites (tertiary alicyclic amines) is 1. The first kappa shape index (κ1) is 24.5. The van der Waals surface area contributed by atoms with Crippen molar-refractivity contribution in [3.05, 3.63) is 29.8 Å². The molecule has 1 saturated heterocycles. The van der Waals surface area contributed by atoms with Gasteiger partial charge in [-0.1, -0.05) is 39.0 Å². The number of carbonyl (C=O) groups excluding carboxylic acids is 3. The molecule has 8 nitrogen and oxygen atoms in total. The number of hydrogen-bond acceptors (Lipinski definition) is 5. The van der Waals surface area contributed by atoms with Gasteiger partial charge in [-0.2, -0.15) is 0 Å². The van der Waals surface area contributed by atoms with E-state index in [1.165, 1.54) is 0 Å². The standard InChI is InChI=1S/C26H38N4O4/c1-15(27-5)23(31)29-22(26(2,3)4)25(33)30-13-12-16-10-11-19(21(16)30)28-24(32)18-14-34-20-9-7-6-8-17(18)20/h6-9,15-16,18-19,21-22,27H,10-14H2,1-5H3,(H,28,32)(H,29,31)/t15-,16+,18?,19-,21-,22+/m0/s1. The van der Waals surface area contributed by atoms with Crippen molar-refractivity contribution < 1.29 is 19.1 Å². The minimum Gasteiger partial charge on any atom is -0.492 e. The van der Waals surface area contributed by atoms with Gasteiger partial charge in [-0.25, -0.2) is 0 Å². The summed E-state index contributed by atoms with van der Waals surface area (Å²) in [5.74, 6) is 0.511. The van der Waals surface area contributed by atoms with Gasteiger partial charge in [-0.05, 0) is 50.6 Å². The van der Waals surface area contributed by atoms with Gasteiger partial charge in [0.05, 0.1) is 12.1 Å². The summed E-state index contributed by atoms with van der Waals surface area (Å²) in [5, 5.41) is 9.17. The van der Waals surface area contributed by atoms with Crippen LogP contribution < -0.4 is 20.7 Å². The van der Waals surface area contributed by atoms with Crippen molar-refractivity contribution in [2.24, 2.45) is 11.3 Å². The number of nitrogens with one attached hydrogen (secondary N) is 3. The molecule has 2 fully saturated rings. The summed E-state index contributed by atoms with van der Waals surface area (Å²) in [4.78, 5) is 41.5. The van der Waals surface area contributed by atoms with Crippen LogP contribution >= 0.6 is 0 Å². The van der Waals surface area contributed by atoms with Crippen LogP contribution in [0.2, 0.25) is 0 Å². The number of ether oxygens (including phenoxy) is 1. The number of amides is 3. The van der Waals surface area contributed by atoms with Gasteiger partial charge in [-0.3, -0.25) is 14.4 Å². The molecule has 0 bridgehead atoms. The number of hydrogen-bond donors (Lipinski definition) is 3. The van der Waals surface area contributed by atoms with E-state index in [0.717, 1.165) is 30.6 Å². The van der Waals surface area contributed by atoms with E-state index < -0.39 is 11.5 Å². The molecule has 3 amide bonds. The van der Waals surface area contributed by atoms with Crippen molar-refractivity contribution in [2.75, 3.05) is 20.2 Å². The summed E-state index contributed by atoms with van der Waals surface area (Å²) >= 11 is 0. The lowest BCUT2D eigenvalue weighted by Crippen LogP contribution is -2.60. The molecule has 186 valence electrons. The summed E-state index contributed by atoms with van der Waals surface area (Å²) in [6, 6.07) is 6.50. The molecule has 1 saturated carbocycles.